The van der Waals surface area contributed by atoms with Gasteiger partial charge in [0.2, 0.25) is 0 Å². The van der Waals surface area contributed by atoms with E-state index in [1.807, 2.05) is 60.9 Å². The van der Waals surface area contributed by atoms with E-state index in [1.54, 1.807) is 14.2 Å². The van der Waals surface area contributed by atoms with Crippen molar-refractivity contribution in [3.05, 3.63) is 101 Å². The van der Waals surface area contributed by atoms with Crippen LogP contribution >= 0.6 is 0 Å². The minimum atomic E-state index is -0.769. The molecule has 234 valence electrons. The first-order valence-electron chi connectivity index (χ1n) is 15.6. The molecule has 4 aromatic rings. The van der Waals surface area contributed by atoms with Crippen LogP contribution in [-0.2, 0) is 19.5 Å². The van der Waals surface area contributed by atoms with Crippen LogP contribution < -0.4 is 23.7 Å². The molecule has 5 atom stereocenters. The van der Waals surface area contributed by atoms with E-state index in [0.717, 1.165) is 65.6 Å². The van der Waals surface area contributed by atoms with E-state index in [4.69, 9.17) is 23.7 Å². The van der Waals surface area contributed by atoms with Gasteiger partial charge in [-0.25, -0.2) is 0 Å². The highest BCUT2D eigenvalue weighted by molar-refractivity contribution is 5.58. The summed E-state index contributed by atoms with van der Waals surface area (Å²) < 4.78 is 30.2. The molecular formula is C36H39N3O6. The van der Waals surface area contributed by atoms with Crippen LogP contribution in [0.1, 0.15) is 47.0 Å². The number of methoxy groups -OCH3 is 2. The molecule has 0 spiro atoms. The number of benzene rings is 2. The molecule has 0 amide bonds. The number of rotatable bonds is 9. The van der Waals surface area contributed by atoms with E-state index in [0.29, 0.717) is 36.4 Å². The molecule has 2 aromatic carbocycles. The Morgan fingerprint density at radius 1 is 0.867 bits per heavy atom. The third-order valence-electron chi connectivity index (χ3n) is 9.35. The summed E-state index contributed by atoms with van der Waals surface area (Å²) in [6, 6.07) is 19.7. The van der Waals surface area contributed by atoms with Crippen molar-refractivity contribution < 1.29 is 28.8 Å². The molecule has 3 aliphatic heterocycles. The molecule has 0 fully saturated rings. The van der Waals surface area contributed by atoms with Crippen molar-refractivity contribution in [3.63, 3.8) is 0 Å². The Morgan fingerprint density at radius 2 is 1.56 bits per heavy atom. The second kappa shape index (κ2) is 12.6. The molecule has 5 heterocycles. The topological polar surface area (TPSA) is 95.4 Å². The highest BCUT2D eigenvalue weighted by Gasteiger charge is 2.45. The summed E-state index contributed by atoms with van der Waals surface area (Å²) in [5.41, 5.74) is 4.71. The first kappa shape index (κ1) is 29.4. The van der Waals surface area contributed by atoms with E-state index in [-0.39, 0.29) is 17.9 Å². The minimum Gasteiger partial charge on any atom is -0.493 e. The number of hydrogen-bond donors (Lipinski definition) is 1. The van der Waals surface area contributed by atoms with Crippen LogP contribution in [0.2, 0.25) is 0 Å². The third-order valence-corrected chi connectivity index (χ3v) is 9.35. The number of aromatic nitrogens is 2. The van der Waals surface area contributed by atoms with Gasteiger partial charge in [-0.1, -0.05) is 19.1 Å². The van der Waals surface area contributed by atoms with Crippen LogP contribution in [0.4, 0.5) is 0 Å². The van der Waals surface area contributed by atoms with E-state index in [1.165, 1.54) is 0 Å². The standard InChI is InChI=1S/C36H39N3O6/c1-22(17-39(18-24-8-4-6-12-37-24)19-25-9-5-7-13-38-25)23-14-28-29(43-20-23)11-10-26-35(40)34-27-15-31(41-2)32(42-3)16-30(27)44-21-33(34)45-36(26)28/h4-13,15-16,22-23,33-35,40H,14,17-21H2,1-3H3. The maximum atomic E-state index is 11.8. The summed E-state index contributed by atoms with van der Waals surface area (Å²) in [5.74, 6) is 3.68. The summed E-state index contributed by atoms with van der Waals surface area (Å²) in [4.78, 5) is 11.6. The minimum absolute atomic E-state index is 0.262. The number of aliphatic hydroxyl groups is 1. The molecule has 0 radical (unpaired) electrons. The van der Waals surface area contributed by atoms with Crippen molar-refractivity contribution >= 4 is 0 Å². The maximum Gasteiger partial charge on any atom is 0.164 e. The second-order valence-electron chi connectivity index (χ2n) is 12.2. The SMILES string of the molecule is COc1cc2c(cc1OC)C1C(CO2)Oc2c(ccc3c2CC(C(C)CN(Cc2ccccn2)Cc2ccccn2)CO3)C1O. The van der Waals surface area contributed by atoms with Crippen LogP contribution in [0.5, 0.6) is 28.7 Å². The first-order valence-corrected chi connectivity index (χ1v) is 15.6. The van der Waals surface area contributed by atoms with Crippen LogP contribution in [0.15, 0.2) is 73.1 Å². The summed E-state index contributed by atoms with van der Waals surface area (Å²) in [6.45, 7) is 5.56. The lowest BCUT2D eigenvalue weighted by Crippen LogP contribution is -2.42. The number of ether oxygens (including phenoxy) is 5. The van der Waals surface area contributed by atoms with Gasteiger partial charge in [0.05, 0.1) is 44.2 Å². The van der Waals surface area contributed by atoms with Crippen molar-refractivity contribution in [2.45, 2.75) is 44.6 Å². The molecule has 9 nitrogen and oxygen atoms in total. The summed E-state index contributed by atoms with van der Waals surface area (Å²) in [5, 5.41) is 11.8. The zero-order chi connectivity index (χ0) is 30.9. The Morgan fingerprint density at radius 3 is 2.22 bits per heavy atom. The van der Waals surface area contributed by atoms with Crippen LogP contribution in [-0.4, -0.2) is 60.1 Å². The monoisotopic (exact) mass is 609 g/mol. The molecule has 0 bridgehead atoms. The van der Waals surface area contributed by atoms with Gasteiger partial charge in [-0.15, -0.1) is 0 Å². The van der Waals surface area contributed by atoms with E-state index < -0.39 is 6.10 Å². The normalized spacial score (nSPS) is 22.0. The Balaban J connectivity index is 1.12. The Hall–Kier alpha value is -4.34. The summed E-state index contributed by atoms with van der Waals surface area (Å²) in [7, 11) is 3.21. The average molecular weight is 610 g/mol. The number of hydrogen-bond acceptors (Lipinski definition) is 9. The molecule has 0 aliphatic carbocycles. The Kier molecular flexibility index (Phi) is 8.21. The molecule has 45 heavy (non-hydrogen) atoms. The molecule has 3 aliphatic rings. The van der Waals surface area contributed by atoms with Gasteiger partial charge in [-0.2, -0.15) is 0 Å². The number of nitrogens with zero attached hydrogens (tertiary/aromatic N) is 3. The fraction of sp³-hybridized carbons (Fsp3) is 0.389. The van der Waals surface area contributed by atoms with Gasteiger partial charge in [0.15, 0.2) is 11.5 Å². The molecule has 7 rings (SSSR count). The molecule has 5 unspecified atom stereocenters. The van der Waals surface area contributed by atoms with Crippen molar-refractivity contribution in [1.29, 1.82) is 0 Å². The van der Waals surface area contributed by atoms with Crippen LogP contribution in [0.25, 0.3) is 0 Å². The van der Waals surface area contributed by atoms with Gasteiger partial charge in [0, 0.05) is 60.7 Å². The highest BCUT2D eigenvalue weighted by atomic mass is 16.5. The predicted molar refractivity (Wildman–Crippen MR) is 168 cm³/mol. The quantitative estimate of drug-likeness (QED) is 0.269. The van der Waals surface area contributed by atoms with Gasteiger partial charge in [-0.05, 0) is 54.8 Å². The van der Waals surface area contributed by atoms with Crippen molar-refractivity contribution in [3.8, 4) is 28.7 Å². The third kappa shape index (κ3) is 5.78. The van der Waals surface area contributed by atoms with Crippen molar-refractivity contribution in [1.82, 2.24) is 14.9 Å². The van der Waals surface area contributed by atoms with E-state index in [9.17, 15) is 5.11 Å². The lowest BCUT2D eigenvalue weighted by atomic mass is 9.78. The zero-order valence-electron chi connectivity index (χ0n) is 25.9. The van der Waals surface area contributed by atoms with Gasteiger partial charge in [-0.3, -0.25) is 14.9 Å². The van der Waals surface area contributed by atoms with Gasteiger partial charge >= 0.3 is 0 Å². The molecule has 1 N–H and O–H groups in total. The predicted octanol–water partition coefficient (Wildman–Crippen LogP) is 5.35. The number of aliphatic hydroxyl groups excluding tert-OH is 1. The Labute approximate surface area is 263 Å². The van der Waals surface area contributed by atoms with Crippen LogP contribution in [0, 0.1) is 11.8 Å². The summed E-state index contributed by atoms with van der Waals surface area (Å²) in [6.07, 6.45) is 3.36. The van der Waals surface area contributed by atoms with Crippen molar-refractivity contribution in [2.75, 3.05) is 34.0 Å². The smallest absolute Gasteiger partial charge is 0.164 e. The largest absolute Gasteiger partial charge is 0.493 e. The zero-order valence-corrected chi connectivity index (χ0v) is 25.9. The Bertz CT molecular complexity index is 1590. The van der Waals surface area contributed by atoms with Gasteiger partial charge < -0.3 is 28.8 Å². The lowest BCUT2D eigenvalue weighted by Gasteiger charge is -2.43. The van der Waals surface area contributed by atoms with E-state index >= 15 is 0 Å². The maximum absolute atomic E-state index is 11.8. The van der Waals surface area contributed by atoms with E-state index in [2.05, 4.69) is 33.9 Å². The molecular weight excluding hydrogens is 570 g/mol. The van der Waals surface area contributed by atoms with Gasteiger partial charge in [0.25, 0.3) is 0 Å². The average Bonchev–Trinajstić information content (AvgIpc) is 3.08. The molecule has 0 saturated heterocycles. The van der Waals surface area contributed by atoms with Gasteiger partial charge in [0.1, 0.15) is 30.0 Å². The summed E-state index contributed by atoms with van der Waals surface area (Å²) >= 11 is 0. The lowest BCUT2D eigenvalue weighted by molar-refractivity contribution is -0.000459. The molecule has 2 aromatic heterocycles. The highest BCUT2D eigenvalue weighted by Crippen LogP contribution is 2.53. The van der Waals surface area contributed by atoms with Crippen molar-refractivity contribution in [2.24, 2.45) is 11.8 Å². The number of pyridine rings is 2. The molecule has 0 saturated carbocycles. The number of fused-ring (bicyclic) bond motifs is 6. The molecule has 9 heteroatoms. The van der Waals surface area contributed by atoms with Crippen LogP contribution in [0.3, 0.4) is 0 Å². The first-order chi connectivity index (χ1) is 22.0. The fourth-order valence-corrected chi connectivity index (χ4v) is 6.96. The fourth-order valence-electron chi connectivity index (χ4n) is 6.96. The second-order valence-corrected chi connectivity index (χ2v) is 12.2.